The fraction of sp³-hybridized carbons (Fsp3) is 0.600. The molecular formula is C20H28N6O2. The Hall–Kier alpha value is -2.32. The van der Waals surface area contributed by atoms with Gasteiger partial charge in [-0.2, -0.15) is 0 Å². The van der Waals surface area contributed by atoms with Crippen molar-refractivity contribution in [1.82, 2.24) is 30.0 Å². The number of amides is 1. The number of benzene rings is 1. The zero-order chi connectivity index (χ0) is 19.3. The number of aromatic nitrogens is 4. The van der Waals surface area contributed by atoms with Crippen LogP contribution in [0.15, 0.2) is 24.3 Å². The first-order valence-electron chi connectivity index (χ1n) is 10.1. The van der Waals surface area contributed by atoms with Crippen molar-refractivity contribution in [1.29, 1.82) is 0 Å². The van der Waals surface area contributed by atoms with E-state index in [0.29, 0.717) is 19.5 Å². The van der Waals surface area contributed by atoms with Gasteiger partial charge in [0.25, 0.3) is 0 Å². The zero-order valence-electron chi connectivity index (χ0n) is 16.5. The van der Waals surface area contributed by atoms with Crippen LogP contribution in [0.25, 0.3) is 0 Å². The normalized spacial score (nSPS) is 20.0. The van der Waals surface area contributed by atoms with Gasteiger partial charge < -0.3 is 9.64 Å². The molecule has 1 amide bonds. The number of carbonyl (C=O) groups excluding carboxylic acids is 1. The van der Waals surface area contributed by atoms with E-state index in [2.05, 4.69) is 44.7 Å². The highest BCUT2D eigenvalue weighted by Gasteiger charge is 2.26. The van der Waals surface area contributed by atoms with Crippen molar-refractivity contribution in [3.63, 3.8) is 0 Å². The maximum Gasteiger partial charge on any atom is 0.224 e. The molecule has 0 radical (unpaired) electrons. The summed E-state index contributed by atoms with van der Waals surface area (Å²) in [4.78, 5) is 17.0. The number of tetrazole rings is 1. The lowest BCUT2D eigenvalue weighted by Crippen LogP contribution is -2.36. The Bertz CT molecular complexity index is 801. The Morgan fingerprint density at radius 2 is 2.11 bits per heavy atom. The van der Waals surface area contributed by atoms with Gasteiger partial charge >= 0.3 is 0 Å². The molecule has 1 aliphatic carbocycles. The van der Waals surface area contributed by atoms with E-state index < -0.39 is 0 Å². The van der Waals surface area contributed by atoms with Gasteiger partial charge in [-0.05, 0) is 40.8 Å². The zero-order valence-corrected chi connectivity index (χ0v) is 16.5. The minimum Gasteiger partial charge on any atom is -0.379 e. The molecule has 0 unspecified atom stereocenters. The minimum absolute atomic E-state index is 0.134. The van der Waals surface area contributed by atoms with Crippen LogP contribution in [0.5, 0.6) is 0 Å². The van der Waals surface area contributed by atoms with E-state index >= 15 is 0 Å². The van der Waals surface area contributed by atoms with Crippen LogP contribution in [0.4, 0.5) is 0 Å². The molecule has 0 N–H and O–H groups in total. The predicted molar refractivity (Wildman–Crippen MR) is 103 cm³/mol. The van der Waals surface area contributed by atoms with Crippen molar-refractivity contribution in [2.24, 2.45) is 0 Å². The van der Waals surface area contributed by atoms with Gasteiger partial charge in [0.2, 0.25) is 5.91 Å². The monoisotopic (exact) mass is 384 g/mol. The van der Waals surface area contributed by atoms with E-state index in [0.717, 1.165) is 51.4 Å². The average molecular weight is 384 g/mol. The second-order valence-electron chi connectivity index (χ2n) is 7.57. The lowest BCUT2D eigenvalue weighted by molar-refractivity contribution is -0.132. The molecule has 8 nitrogen and oxygen atoms in total. The highest BCUT2D eigenvalue weighted by atomic mass is 16.5. The molecule has 1 aromatic heterocycles. The maximum atomic E-state index is 12.9. The molecule has 0 spiro atoms. The van der Waals surface area contributed by atoms with Gasteiger partial charge in [0.1, 0.15) is 0 Å². The third-order valence-corrected chi connectivity index (χ3v) is 5.81. The second-order valence-corrected chi connectivity index (χ2v) is 7.57. The largest absolute Gasteiger partial charge is 0.379 e. The van der Waals surface area contributed by atoms with Gasteiger partial charge in [-0.25, -0.2) is 4.68 Å². The van der Waals surface area contributed by atoms with Gasteiger partial charge in [0.15, 0.2) is 5.82 Å². The number of hydrogen-bond acceptors (Lipinski definition) is 6. The van der Waals surface area contributed by atoms with Crippen LogP contribution in [0.1, 0.15) is 42.3 Å². The fourth-order valence-electron chi connectivity index (χ4n) is 4.15. The van der Waals surface area contributed by atoms with Crippen molar-refractivity contribution in [2.75, 3.05) is 33.4 Å². The average Bonchev–Trinajstić information content (AvgIpc) is 3.18. The number of ether oxygens (including phenoxy) is 1. The number of aryl methyl sites for hydroxylation is 2. The molecule has 2 aromatic rings. The van der Waals surface area contributed by atoms with Crippen molar-refractivity contribution < 1.29 is 9.53 Å². The summed E-state index contributed by atoms with van der Waals surface area (Å²) in [6.07, 6.45) is 3.64. The predicted octanol–water partition coefficient (Wildman–Crippen LogP) is 1.43. The number of rotatable bonds is 6. The molecular weight excluding hydrogens is 356 g/mol. The van der Waals surface area contributed by atoms with Crippen LogP contribution in [-0.4, -0.2) is 69.3 Å². The van der Waals surface area contributed by atoms with Crippen LogP contribution >= 0.6 is 0 Å². The molecule has 8 heteroatoms. The lowest BCUT2D eigenvalue weighted by atomic mass is 9.87. The highest BCUT2D eigenvalue weighted by molar-refractivity contribution is 5.76. The molecule has 1 atom stereocenters. The Morgan fingerprint density at radius 1 is 1.29 bits per heavy atom. The SMILES string of the molecule is CN(C(=O)CCn1nnnc1CN1CCOCC1)[C@H]1CCCc2ccccc21. The fourth-order valence-corrected chi connectivity index (χ4v) is 4.15. The second kappa shape index (κ2) is 8.79. The molecule has 2 heterocycles. The van der Waals surface area contributed by atoms with Gasteiger partial charge in [0, 0.05) is 26.6 Å². The van der Waals surface area contributed by atoms with Crippen LogP contribution in [0.2, 0.25) is 0 Å². The van der Waals surface area contributed by atoms with Crippen LogP contribution in [0.3, 0.4) is 0 Å². The van der Waals surface area contributed by atoms with Crippen LogP contribution in [-0.2, 0) is 29.0 Å². The van der Waals surface area contributed by atoms with E-state index in [1.54, 1.807) is 4.68 Å². The smallest absolute Gasteiger partial charge is 0.224 e. The summed E-state index contributed by atoms with van der Waals surface area (Å²) < 4.78 is 7.15. The molecule has 0 bridgehead atoms. The summed E-state index contributed by atoms with van der Waals surface area (Å²) >= 11 is 0. The van der Waals surface area contributed by atoms with Crippen LogP contribution < -0.4 is 0 Å². The molecule has 4 rings (SSSR count). The Labute approximate surface area is 165 Å². The quantitative estimate of drug-likeness (QED) is 0.750. The Morgan fingerprint density at radius 3 is 2.96 bits per heavy atom. The standard InChI is InChI=1S/C20H28N6O2/c1-24(18-8-4-6-16-5-2-3-7-17(16)18)20(27)9-10-26-19(21-22-23-26)15-25-11-13-28-14-12-25/h2-3,5,7,18H,4,6,8-15H2,1H3/t18-/m0/s1. The third kappa shape index (κ3) is 4.23. The van der Waals surface area contributed by atoms with E-state index in [1.807, 2.05) is 11.9 Å². The van der Waals surface area contributed by atoms with Crippen molar-refractivity contribution in [3.8, 4) is 0 Å². The van der Waals surface area contributed by atoms with E-state index in [4.69, 9.17) is 4.74 Å². The number of hydrogen-bond donors (Lipinski definition) is 0. The molecule has 1 saturated heterocycles. The number of morpholine rings is 1. The summed E-state index contributed by atoms with van der Waals surface area (Å²) in [5, 5.41) is 12.0. The molecule has 1 aromatic carbocycles. The Kier molecular flexibility index (Phi) is 5.97. The first kappa shape index (κ1) is 19.0. The van der Waals surface area contributed by atoms with Crippen molar-refractivity contribution in [2.45, 2.75) is 44.8 Å². The highest BCUT2D eigenvalue weighted by Crippen LogP contribution is 2.33. The summed E-state index contributed by atoms with van der Waals surface area (Å²) in [6.45, 7) is 4.45. The number of nitrogens with zero attached hydrogens (tertiary/aromatic N) is 6. The molecule has 1 aliphatic heterocycles. The van der Waals surface area contributed by atoms with Gasteiger partial charge in [0.05, 0.1) is 32.3 Å². The molecule has 28 heavy (non-hydrogen) atoms. The molecule has 2 aliphatic rings. The van der Waals surface area contributed by atoms with Crippen molar-refractivity contribution >= 4 is 5.91 Å². The topological polar surface area (TPSA) is 76.4 Å². The molecule has 1 fully saturated rings. The van der Waals surface area contributed by atoms with Gasteiger partial charge in [-0.3, -0.25) is 9.69 Å². The summed E-state index contributed by atoms with van der Waals surface area (Å²) in [5.41, 5.74) is 2.66. The Balaban J connectivity index is 1.35. The van der Waals surface area contributed by atoms with E-state index in [-0.39, 0.29) is 11.9 Å². The third-order valence-electron chi connectivity index (χ3n) is 5.81. The van der Waals surface area contributed by atoms with Gasteiger partial charge in [-0.1, -0.05) is 24.3 Å². The first-order valence-corrected chi connectivity index (χ1v) is 10.1. The van der Waals surface area contributed by atoms with Crippen LogP contribution in [0, 0.1) is 0 Å². The summed E-state index contributed by atoms with van der Waals surface area (Å²) in [5.74, 6) is 0.940. The van der Waals surface area contributed by atoms with Crippen molar-refractivity contribution in [3.05, 3.63) is 41.2 Å². The number of fused-ring (bicyclic) bond motifs is 1. The van der Waals surface area contributed by atoms with Gasteiger partial charge in [-0.15, -0.1) is 5.10 Å². The maximum absolute atomic E-state index is 12.9. The van der Waals surface area contributed by atoms with E-state index in [9.17, 15) is 4.79 Å². The summed E-state index contributed by atoms with van der Waals surface area (Å²) in [7, 11) is 1.92. The minimum atomic E-state index is 0.134. The lowest BCUT2D eigenvalue weighted by Gasteiger charge is -2.33. The number of carbonyl (C=O) groups is 1. The molecule has 150 valence electrons. The summed E-state index contributed by atoms with van der Waals surface area (Å²) in [6, 6.07) is 8.65. The van der Waals surface area contributed by atoms with E-state index in [1.165, 1.54) is 11.1 Å². The molecule has 0 saturated carbocycles. The first-order chi connectivity index (χ1) is 13.7.